The lowest BCUT2D eigenvalue weighted by Crippen LogP contribution is -2.33. The molecule has 0 atom stereocenters. The van der Waals surface area contributed by atoms with Gasteiger partial charge in [0.1, 0.15) is 12.7 Å². The van der Waals surface area contributed by atoms with Gasteiger partial charge in [-0.05, 0) is 41.8 Å². The van der Waals surface area contributed by atoms with Crippen molar-refractivity contribution < 1.29 is 9.47 Å². The van der Waals surface area contributed by atoms with Crippen LogP contribution in [0.1, 0.15) is 11.1 Å². The predicted molar refractivity (Wildman–Crippen MR) is 108 cm³/mol. The molecule has 0 unspecified atom stereocenters. The molecule has 3 N–H and O–H groups in total. The summed E-state index contributed by atoms with van der Waals surface area (Å²) in [6.07, 6.45) is 3.96. The highest BCUT2D eigenvalue weighted by molar-refractivity contribution is 5.77. The number of aliphatic imine (C=N–C) groups is 1. The first-order valence-electron chi connectivity index (χ1n) is 8.88. The van der Waals surface area contributed by atoms with E-state index in [2.05, 4.69) is 20.4 Å². The first kappa shape index (κ1) is 19.2. The topological polar surface area (TPSA) is 99.6 Å². The Bertz CT molecular complexity index is 907. The van der Waals surface area contributed by atoms with Gasteiger partial charge in [-0.2, -0.15) is 5.10 Å². The van der Waals surface area contributed by atoms with Crippen LogP contribution in [-0.2, 0) is 13.0 Å². The normalized spacial score (nSPS) is 11.3. The summed E-state index contributed by atoms with van der Waals surface area (Å²) in [6, 6.07) is 13.8. The number of guanidine groups is 1. The zero-order valence-electron chi connectivity index (χ0n) is 16.0. The van der Waals surface area contributed by atoms with Crippen molar-refractivity contribution in [3.05, 3.63) is 66.2 Å². The molecule has 0 aliphatic heterocycles. The summed E-state index contributed by atoms with van der Waals surface area (Å²) in [4.78, 5) is 8.32. The molecule has 0 saturated heterocycles. The monoisotopic (exact) mass is 380 g/mol. The smallest absolute Gasteiger partial charge is 0.188 e. The van der Waals surface area contributed by atoms with Gasteiger partial charge in [-0.3, -0.25) is 0 Å². The molecule has 0 spiro atoms. The molecule has 0 fully saturated rings. The zero-order valence-corrected chi connectivity index (χ0v) is 16.0. The van der Waals surface area contributed by atoms with Crippen molar-refractivity contribution in [2.24, 2.45) is 10.7 Å². The molecule has 8 nitrogen and oxygen atoms in total. The van der Waals surface area contributed by atoms with Gasteiger partial charge in [-0.15, -0.1) is 0 Å². The van der Waals surface area contributed by atoms with Gasteiger partial charge in [-0.1, -0.05) is 18.2 Å². The van der Waals surface area contributed by atoms with Crippen LogP contribution >= 0.6 is 0 Å². The Morgan fingerprint density at radius 2 is 1.82 bits per heavy atom. The average Bonchev–Trinajstić information content (AvgIpc) is 3.27. The number of benzene rings is 2. The van der Waals surface area contributed by atoms with Gasteiger partial charge in [-0.25, -0.2) is 14.7 Å². The molecular formula is C20H24N6O2. The van der Waals surface area contributed by atoms with Crippen LogP contribution in [0.25, 0.3) is 5.69 Å². The summed E-state index contributed by atoms with van der Waals surface area (Å²) in [5.41, 5.74) is 9.11. The zero-order chi connectivity index (χ0) is 19.8. The Morgan fingerprint density at radius 1 is 1.07 bits per heavy atom. The minimum atomic E-state index is 0.417. The number of hydrogen-bond donors (Lipinski definition) is 2. The van der Waals surface area contributed by atoms with Crippen molar-refractivity contribution >= 4 is 5.96 Å². The molecule has 28 heavy (non-hydrogen) atoms. The molecule has 0 saturated carbocycles. The summed E-state index contributed by atoms with van der Waals surface area (Å²) in [5.74, 6) is 1.85. The van der Waals surface area contributed by atoms with Crippen molar-refractivity contribution in [2.45, 2.75) is 13.0 Å². The molecule has 3 aromatic rings. The third-order valence-corrected chi connectivity index (χ3v) is 4.22. The van der Waals surface area contributed by atoms with Crippen LogP contribution in [0, 0.1) is 0 Å². The molecule has 0 aliphatic carbocycles. The number of rotatable bonds is 8. The minimum absolute atomic E-state index is 0.417. The summed E-state index contributed by atoms with van der Waals surface area (Å²) in [7, 11) is 3.25. The van der Waals surface area contributed by atoms with Gasteiger partial charge >= 0.3 is 0 Å². The predicted octanol–water partition coefficient (Wildman–Crippen LogP) is 1.93. The Balaban J connectivity index is 1.48. The standard InChI is InChI=1S/C20H24N6O2/c1-27-18-8-5-15(11-19(18)28-2)9-10-23-20(21)24-12-16-3-6-17(7-4-16)26-14-22-13-25-26/h3-8,11,13-14H,9-10,12H2,1-2H3,(H3,21,23,24). The van der Waals surface area contributed by atoms with E-state index >= 15 is 0 Å². The highest BCUT2D eigenvalue weighted by atomic mass is 16.5. The third kappa shape index (κ3) is 5.00. The molecule has 0 amide bonds. The second-order valence-corrected chi connectivity index (χ2v) is 6.07. The van der Waals surface area contributed by atoms with Crippen LogP contribution in [0.15, 0.2) is 60.1 Å². The summed E-state index contributed by atoms with van der Waals surface area (Å²) in [5, 5.41) is 7.24. The molecule has 0 radical (unpaired) electrons. The van der Waals surface area contributed by atoms with E-state index in [4.69, 9.17) is 15.2 Å². The van der Waals surface area contributed by atoms with E-state index in [0.29, 0.717) is 19.0 Å². The van der Waals surface area contributed by atoms with Gasteiger partial charge in [0.05, 0.1) is 26.5 Å². The molecule has 8 heteroatoms. The number of methoxy groups -OCH3 is 2. The summed E-state index contributed by atoms with van der Waals surface area (Å²) < 4.78 is 12.3. The van der Waals surface area contributed by atoms with E-state index in [1.54, 1.807) is 25.2 Å². The summed E-state index contributed by atoms with van der Waals surface area (Å²) >= 11 is 0. The van der Waals surface area contributed by atoms with Crippen LogP contribution in [0.4, 0.5) is 0 Å². The Hall–Kier alpha value is -3.55. The van der Waals surface area contributed by atoms with Crippen molar-refractivity contribution in [1.82, 2.24) is 20.1 Å². The summed E-state index contributed by atoms with van der Waals surface area (Å²) in [6.45, 7) is 1.18. The maximum Gasteiger partial charge on any atom is 0.188 e. The van der Waals surface area contributed by atoms with Crippen molar-refractivity contribution in [2.75, 3.05) is 20.8 Å². The molecule has 0 aliphatic rings. The number of aromatic nitrogens is 3. The molecule has 0 bridgehead atoms. The first-order chi connectivity index (χ1) is 13.7. The average molecular weight is 380 g/mol. The number of nitrogens with zero attached hydrogens (tertiary/aromatic N) is 4. The number of nitrogens with two attached hydrogens (primary N) is 1. The van der Waals surface area contributed by atoms with E-state index in [1.165, 1.54) is 6.33 Å². The SMILES string of the molecule is COc1ccc(CCNC(N)=NCc2ccc(-n3cncn3)cc2)cc1OC. The van der Waals surface area contributed by atoms with Gasteiger partial charge in [0.25, 0.3) is 0 Å². The van der Waals surface area contributed by atoms with Gasteiger partial charge in [0, 0.05) is 6.54 Å². The van der Waals surface area contributed by atoms with E-state index < -0.39 is 0 Å². The van der Waals surface area contributed by atoms with Crippen LogP contribution in [0.2, 0.25) is 0 Å². The Kier molecular flexibility index (Phi) is 6.46. The lowest BCUT2D eigenvalue weighted by molar-refractivity contribution is 0.354. The number of hydrogen-bond acceptors (Lipinski definition) is 5. The van der Waals surface area contributed by atoms with Gasteiger partial charge in [0.15, 0.2) is 17.5 Å². The van der Waals surface area contributed by atoms with Crippen molar-refractivity contribution in [3.8, 4) is 17.2 Å². The fourth-order valence-corrected chi connectivity index (χ4v) is 2.70. The highest BCUT2D eigenvalue weighted by Crippen LogP contribution is 2.27. The van der Waals surface area contributed by atoms with E-state index in [9.17, 15) is 0 Å². The van der Waals surface area contributed by atoms with Crippen LogP contribution in [-0.4, -0.2) is 41.5 Å². The molecule has 1 aromatic heterocycles. The molecule has 2 aromatic carbocycles. The van der Waals surface area contributed by atoms with Crippen LogP contribution < -0.4 is 20.5 Å². The van der Waals surface area contributed by atoms with Crippen LogP contribution in [0.3, 0.4) is 0 Å². The largest absolute Gasteiger partial charge is 0.493 e. The Labute approximate surface area is 164 Å². The quantitative estimate of drug-likeness (QED) is 0.458. The van der Waals surface area contributed by atoms with Crippen molar-refractivity contribution in [3.63, 3.8) is 0 Å². The second kappa shape index (κ2) is 9.40. The molecule has 1 heterocycles. The maximum absolute atomic E-state index is 5.97. The molecular weight excluding hydrogens is 356 g/mol. The number of ether oxygens (including phenoxy) is 2. The fourth-order valence-electron chi connectivity index (χ4n) is 2.70. The van der Waals surface area contributed by atoms with Gasteiger partial charge < -0.3 is 20.5 Å². The third-order valence-electron chi connectivity index (χ3n) is 4.22. The molecule has 3 rings (SSSR count). The maximum atomic E-state index is 5.97. The van der Waals surface area contributed by atoms with E-state index in [0.717, 1.165) is 34.7 Å². The fraction of sp³-hybridized carbons (Fsp3) is 0.250. The van der Waals surface area contributed by atoms with Crippen LogP contribution in [0.5, 0.6) is 11.5 Å². The lowest BCUT2D eigenvalue weighted by atomic mass is 10.1. The first-order valence-corrected chi connectivity index (χ1v) is 8.88. The highest BCUT2D eigenvalue weighted by Gasteiger charge is 2.04. The second-order valence-electron chi connectivity index (χ2n) is 6.07. The lowest BCUT2D eigenvalue weighted by Gasteiger charge is -2.10. The van der Waals surface area contributed by atoms with E-state index in [-0.39, 0.29) is 0 Å². The van der Waals surface area contributed by atoms with E-state index in [1.807, 2.05) is 42.5 Å². The van der Waals surface area contributed by atoms with Crippen molar-refractivity contribution in [1.29, 1.82) is 0 Å². The minimum Gasteiger partial charge on any atom is -0.493 e. The van der Waals surface area contributed by atoms with Gasteiger partial charge in [0.2, 0.25) is 0 Å². The Morgan fingerprint density at radius 3 is 2.50 bits per heavy atom. The number of nitrogens with one attached hydrogen (secondary N) is 1. The molecule has 146 valence electrons.